The lowest BCUT2D eigenvalue weighted by molar-refractivity contribution is 0.159. The lowest BCUT2D eigenvalue weighted by Gasteiger charge is -2.33. The average Bonchev–Trinajstić information content (AvgIpc) is 2.59. The van der Waals surface area contributed by atoms with E-state index in [9.17, 15) is 4.79 Å². The van der Waals surface area contributed by atoms with Gasteiger partial charge < -0.3 is 20.3 Å². The van der Waals surface area contributed by atoms with E-state index in [1.165, 1.54) is 25.8 Å². The van der Waals surface area contributed by atoms with Crippen LogP contribution in [0.2, 0.25) is 0 Å². The molecule has 1 atom stereocenters. The summed E-state index contributed by atoms with van der Waals surface area (Å²) in [6, 6.07) is 4.28. The Kier molecular flexibility index (Phi) is 7.82. The van der Waals surface area contributed by atoms with E-state index >= 15 is 0 Å². The molecule has 0 aromatic carbocycles. The molecule has 6 nitrogen and oxygen atoms in total. The summed E-state index contributed by atoms with van der Waals surface area (Å²) in [4.78, 5) is 18.5. The normalized spacial score (nSPS) is 18.2. The molecule has 1 aliphatic rings. The van der Waals surface area contributed by atoms with Gasteiger partial charge in [0, 0.05) is 37.9 Å². The number of aromatic nitrogens is 1. The molecule has 0 radical (unpaired) electrons. The molecule has 2 N–H and O–H groups in total. The molecule has 24 heavy (non-hydrogen) atoms. The van der Waals surface area contributed by atoms with Gasteiger partial charge in [0.1, 0.15) is 0 Å². The molecule has 0 aliphatic carbocycles. The number of hydrogen-bond donors (Lipinski definition) is 2. The summed E-state index contributed by atoms with van der Waals surface area (Å²) in [6.07, 6.45) is 6.62. The number of carbonyl (C=O) groups is 1. The number of rotatable bonds is 8. The smallest absolute Gasteiger partial charge is 0.315 e. The van der Waals surface area contributed by atoms with Crippen molar-refractivity contribution in [3.63, 3.8) is 0 Å². The molecule has 1 aromatic rings. The fourth-order valence-corrected chi connectivity index (χ4v) is 3.01. The van der Waals surface area contributed by atoms with Gasteiger partial charge in [-0.25, -0.2) is 9.78 Å². The van der Waals surface area contributed by atoms with Crippen molar-refractivity contribution in [2.75, 3.05) is 26.2 Å². The molecule has 2 rings (SSSR count). The number of pyridine rings is 1. The quantitative estimate of drug-likeness (QED) is 0.717. The Morgan fingerprint density at radius 3 is 3.08 bits per heavy atom. The summed E-state index contributed by atoms with van der Waals surface area (Å²) in [7, 11) is 0. The van der Waals surface area contributed by atoms with Crippen LogP contribution < -0.4 is 15.4 Å². The van der Waals surface area contributed by atoms with Gasteiger partial charge in [-0.2, -0.15) is 0 Å². The number of hydrogen-bond acceptors (Lipinski definition) is 4. The molecule has 0 bridgehead atoms. The number of nitrogens with zero attached hydrogens (tertiary/aromatic N) is 2. The lowest BCUT2D eigenvalue weighted by atomic mass is 10.0. The molecule has 6 heteroatoms. The van der Waals surface area contributed by atoms with E-state index in [1.807, 2.05) is 19.1 Å². The zero-order valence-electron chi connectivity index (χ0n) is 14.9. The van der Waals surface area contributed by atoms with Gasteiger partial charge in [0.2, 0.25) is 5.88 Å². The van der Waals surface area contributed by atoms with Gasteiger partial charge >= 0.3 is 6.03 Å². The van der Waals surface area contributed by atoms with Crippen LogP contribution in [0, 0.1) is 0 Å². The van der Waals surface area contributed by atoms with Crippen LogP contribution in [0.4, 0.5) is 4.79 Å². The standard InChI is InChI=1S/C18H30N4O2/c1-3-24-17-13-16(8-10-19-17)14-21-18(23)20-9-6-12-22-11-5-4-7-15(22)2/h8,10,13,15H,3-7,9,11-12,14H2,1-2H3,(H2,20,21,23). The van der Waals surface area contributed by atoms with E-state index in [4.69, 9.17) is 4.74 Å². The topological polar surface area (TPSA) is 66.5 Å². The van der Waals surface area contributed by atoms with E-state index in [0.717, 1.165) is 18.5 Å². The van der Waals surface area contributed by atoms with E-state index in [0.29, 0.717) is 31.6 Å². The monoisotopic (exact) mass is 334 g/mol. The largest absolute Gasteiger partial charge is 0.478 e. The molecule has 2 amide bonds. The van der Waals surface area contributed by atoms with E-state index in [-0.39, 0.29) is 6.03 Å². The van der Waals surface area contributed by atoms with Crippen molar-refractivity contribution in [2.24, 2.45) is 0 Å². The van der Waals surface area contributed by atoms with Crippen LogP contribution in [-0.4, -0.2) is 48.2 Å². The Hall–Kier alpha value is -1.82. The van der Waals surface area contributed by atoms with Crippen molar-refractivity contribution in [1.29, 1.82) is 0 Å². The van der Waals surface area contributed by atoms with Crippen LogP contribution in [0.25, 0.3) is 0 Å². The Morgan fingerprint density at radius 2 is 2.29 bits per heavy atom. The first-order valence-electron chi connectivity index (χ1n) is 9.02. The van der Waals surface area contributed by atoms with Gasteiger partial charge in [0.15, 0.2) is 0 Å². The molecule has 134 valence electrons. The number of ether oxygens (including phenoxy) is 1. The van der Waals surface area contributed by atoms with Crippen molar-refractivity contribution in [2.45, 2.75) is 52.1 Å². The molecule has 1 saturated heterocycles. The van der Waals surface area contributed by atoms with Crippen LogP contribution in [0.5, 0.6) is 5.88 Å². The summed E-state index contributed by atoms with van der Waals surface area (Å²) in [5.74, 6) is 0.591. The van der Waals surface area contributed by atoms with Crippen LogP contribution in [-0.2, 0) is 6.54 Å². The third-order valence-corrected chi connectivity index (χ3v) is 4.39. The fraction of sp³-hybridized carbons (Fsp3) is 0.667. The third kappa shape index (κ3) is 6.35. The van der Waals surface area contributed by atoms with Crippen LogP contribution >= 0.6 is 0 Å². The van der Waals surface area contributed by atoms with Crippen molar-refractivity contribution in [3.05, 3.63) is 23.9 Å². The summed E-state index contributed by atoms with van der Waals surface area (Å²) >= 11 is 0. The minimum atomic E-state index is -0.128. The molecule has 1 fully saturated rings. The second-order valence-electron chi connectivity index (χ2n) is 6.28. The van der Waals surface area contributed by atoms with Gasteiger partial charge in [0.25, 0.3) is 0 Å². The fourth-order valence-electron chi connectivity index (χ4n) is 3.01. The predicted octanol–water partition coefficient (Wildman–Crippen LogP) is 2.54. The van der Waals surface area contributed by atoms with E-state index in [2.05, 4.69) is 27.4 Å². The molecule has 1 aromatic heterocycles. The van der Waals surface area contributed by atoms with Crippen LogP contribution in [0.15, 0.2) is 18.3 Å². The molecular weight excluding hydrogens is 304 g/mol. The number of amides is 2. The molecule has 1 aliphatic heterocycles. The summed E-state index contributed by atoms with van der Waals surface area (Å²) in [6.45, 7) is 8.23. The Labute approximate surface area is 145 Å². The SMILES string of the molecule is CCOc1cc(CNC(=O)NCCCN2CCCCC2C)ccn1. The molecule has 1 unspecified atom stereocenters. The highest BCUT2D eigenvalue weighted by molar-refractivity contribution is 5.73. The Morgan fingerprint density at radius 1 is 1.42 bits per heavy atom. The van der Waals surface area contributed by atoms with E-state index in [1.54, 1.807) is 6.20 Å². The third-order valence-electron chi connectivity index (χ3n) is 4.39. The predicted molar refractivity (Wildman–Crippen MR) is 95.1 cm³/mol. The number of nitrogens with one attached hydrogen (secondary N) is 2. The molecule has 2 heterocycles. The van der Waals surface area contributed by atoms with Crippen molar-refractivity contribution in [3.8, 4) is 5.88 Å². The average molecular weight is 334 g/mol. The second kappa shape index (κ2) is 10.1. The lowest BCUT2D eigenvalue weighted by Crippen LogP contribution is -2.40. The minimum Gasteiger partial charge on any atom is -0.478 e. The zero-order chi connectivity index (χ0) is 17.2. The Balaban J connectivity index is 1.60. The number of urea groups is 1. The maximum Gasteiger partial charge on any atom is 0.315 e. The first kappa shape index (κ1) is 18.5. The highest BCUT2D eigenvalue weighted by atomic mass is 16.5. The maximum atomic E-state index is 11.9. The Bertz CT molecular complexity index is 510. The number of piperidine rings is 1. The summed E-state index contributed by atoms with van der Waals surface area (Å²) in [5.41, 5.74) is 0.978. The summed E-state index contributed by atoms with van der Waals surface area (Å²) < 4.78 is 5.35. The van der Waals surface area contributed by atoms with Crippen molar-refractivity contribution in [1.82, 2.24) is 20.5 Å². The van der Waals surface area contributed by atoms with Crippen LogP contribution in [0.3, 0.4) is 0 Å². The van der Waals surface area contributed by atoms with Gasteiger partial charge in [0.05, 0.1) is 6.61 Å². The maximum absolute atomic E-state index is 11.9. The van der Waals surface area contributed by atoms with Gasteiger partial charge in [-0.05, 0) is 51.3 Å². The van der Waals surface area contributed by atoms with E-state index < -0.39 is 0 Å². The van der Waals surface area contributed by atoms with Gasteiger partial charge in [-0.15, -0.1) is 0 Å². The molecule has 0 saturated carbocycles. The highest BCUT2D eigenvalue weighted by Crippen LogP contribution is 2.16. The molecule has 0 spiro atoms. The number of likely N-dealkylation sites (tertiary alicyclic amines) is 1. The van der Waals surface area contributed by atoms with Crippen molar-refractivity contribution >= 4 is 6.03 Å². The van der Waals surface area contributed by atoms with Crippen molar-refractivity contribution < 1.29 is 9.53 Å². The first-order chi connectivity index (χ1) is 11.7. The highest BCUT2D eigenvalue weighted by Gasteiger charge is 2.17. The first-order valence-corrected chi connectivity index (χ1v) is 9.02. The summed E-state index contributed by atoms with van der Waals surface area (Å²) in [5, 5.41) is 5.79. The van der Waals surface area contributed by atoms with Gasteiger partial charge in [-0.1, -0.05) is 6.42 Å². The second-order valence-corrected chi connectivity index (χ2v) is 6.28. The van der Waals surface area contributed by atoms with Gasteiger partial charge in [-0.3, -0.25) is 0 Å². The zero-order valence-corrected chi connectivity index (χ0v) is 14.9. The van der Waals surface area contributed by atoms with Crippen LogP contribution in [0.1, 0.15) is 45.1 Å². The number of carbonyl (C=O) groups excluding carboxylic acids is 1. The molecular formula is C18H30N4O2. The minimum absolute atomic E-state index is 0.128.